The Morgan fingerprint density at radius 2 is 2.20 bits per heavy atom. The maximum atomic E-state index is 10.9. The molecular formula is C11H19NO3. The summed E-state index contributed by atoms with van der Waals surface area (Å²) in [5.74, 6) is -0.789. The molecule has 1 atom stereocenters. The van der Waals surface area contributed by atoms with Crippen molar-refractivity contribution >= 4 is 5.97 Å². The number of hydrogen-bond acceptors (Lipinski definition) is 3. The molecule has 0 radical (unpaired) electrons. The molecule has 2 rings (SSSR count). The van der Waals surface area contributed by atoms with E-state index < -0.39 is 5.97 Å². The fraction of sp³-hybridized carbons (Fsp3) is 0.909. The quantitative estimate of drug-likeness (QED) is 0.758. The van der Waals surface area contributed by atoms with Gasteiger partial charge in [0.1, 0.15) is 0 Å². The van der Waals surface area contributed by atoms with Gasteiger partial charge in [0.2, 0.25) is 0 Å². The van der Waals surface area contributed by atoms with Crippen LogP contribution in [-0.4, -0.2) is 48.3 Å². The van der Waals surface area contributed by atoms with Gasteiger partial charge in [0.05, 0.1) is 12.0 Å². The van der Waals surface area contributed by atoms with Crippen LogP contribution < -0.4 is 0 Å². The normalized spacial score (nSPS) is 37.3. The summed E-state index contributed by atoms with van der Waals surface area (Å²) in [5.41, 5.74) is 0. The molecule has 0 aromatic heterocycles. The average molecular weight is 213 g/mol. The highest BCUT2D eigenvalue weighted by Crippen LogP contribution is 2.31. The molecule has 2 fully saturated rings. The Labute approximate surface area is 90.2 Å². The molecular weight excluding hydrogens is 194 g/mol. The van der Waals surface area contributed by atoms with E-state index in [1.54, 1.807) is 7.11 Å². The minimum absolute atomic E-state index is 0.152. The van der Waals surface area contributed by atoms with Crippen LogP contribution in [0.4, 0.5) is 0 Å². The maximum Gasteiger partial charge on any atom is 0.307 e. The van der Waals surface area contributed by atoms with Gasteiger partial charge in [-0.05, 0) is 32.2 Å². The van der Waals surface area contributed by atoms with Crippen molar-refractivity contribution in [2.75, 3.05) is 20.2 Å². The largest absolute Gasteiger partial charge is 0.481 e. The van der Waals surface area contributed by atoms with E-state index in [1.165, 1.54) is 0 Å². The van der Waals surface area contributed by atoms with E-state index in [9.17, 15) is 4.79 Å². The van der Waals surface area contributed by atoms with E-state index in [4.69, 9.17) is 9.84 Å². The summed E-state index contributed by atoms with van der Waals surface area (Å²) in [5, 5.41) is 8.98. The molecule has 86 valence electrons. The predicted octanol–water partition coefficient (Wildman–Crippen LogP) is 0.960. The summed E-state index contributed by atoms with van der Waals surface area (Å²) in [7, 11) is 1.75. The third-order valence-corrected chi connectivity index (χ3v) is 3.72. The number of ether oxygens (including phenoxy) is 1. The van der Waals surface area contributed by atoms with Gasteiger partial charge in [-0.2, -0.15) is 0 Å². The van der Waals surface area contributed by atoms with Crippen LogP contribution in [0.15, 0.2) is 0 Å². The number of piperidine rings is 1. The van der Waals surface area contributed by atoms with Gasteiger partial charge in [-0.3, -0.25) is 9.69 Å². The number of nitrogens with zero attached hydrogens (tertiary/aromatic N) is 1. The van der Waals surface area contributed by atoms with Gasteiger partial charge in [-0.15, -0.1) is 0 Å². The lowest BCUT2D eigenvalue weighted by Gasteiger charge is -2.44. The van der Waals surface area contributed by atoms with E-state index in [1.807, 2.05) is 0 Å². The summed E-state index contributed by atoms with van der Waals surface area (Å²) < 4.78 is 5.24. The fourth-order valence-corrected chi connectivity index (χ4v) is 2.57. The molecule has 0 amide bonds. The molecule has 0 bridgehead atoms. The Kier molecular flexibility index (Phi) is 3.26. The van der Waals surface area contributed by atoms with Gasteiger partial charge < -0.3 is 9.84 Å². The molecule has 15 heavy (non-hydrogen) atoms. The van der Waals surface area contributed by atoms with Crippen LogP contribution >= 0.6 is 0 Å². The van der Waals surface area contributed by atoms with Crippen LogP contribution in [0, 0.1) is 5.92 Å². The summed E-state index contributed by atoms with van der Waals surface area (Å²) in [6, 6.07) is 0.567. The Bertz CT molecular complexity index is 238. The van der Waals surface area contributed by atoms with Gasteiger partial charge in [0, 0.05) is 19.7 Å². The van der Waals surface area contributed by atoms with Crippen molar-refractivity contribution in [3.63, 3.8) is 0 Å². The van der Waals surface area contributed by atoms with E-state index in [2.05, 4.69) is 4.90 Å². The topological polar surface area (TPSA) is 49.8 Å². The van der Waals surface area contributed by atoms with Gasteiger partial charge in [-0.1, -0.05) is 0 Å². The predicted molar refractivity (Wildman–Crippen MR) is 55.8 cm³/mol. The van der Waals surface area contributed by atoms with Crippen molar-refractivity contribution in [2.24, 2.45) is 5.92 Å². The van der Waals surface area contributed by atoms with E-state index in [-0.39, 0.29) is 5.92 Å². The molecule has 1 aliphatic heterocycles. The van der Waals surface area contributed by atoms with E-state index >= 15 is 0 Å². The van der Waals surface area contributed by atoms with Crippen LogP contribution in [0.1, 0.15) is 25.7 Å². The lowest BCUT2D eigenvalue weighted by Crippen LogP contribution is -2.52. The standard InChI is InChI=1S/C11H19NO3/c1-15-10-5-9(6-10)12-4-2-3-8(7-12)11(13)14/h8-10H,2-7H2,1H3,(H,13,14). The molecule has 1 saturated carbocycles. The smallest absolute Gasteiger partial charge is 0.307 e. The molecule has 1 heterocycles. The SMILES string of the molecule is COC1CC(N2CCCC(C(=O)O)C2)C1. The first-order valence-corrected chi connectivity index (χ1v) is 5.70. The zero-order valence-electron chi connectivity index (χ0n) is 9.19. The molecule has 2 aliphatic rings. The molecule has 0 aromatic carbocycles. The summed E-state index contributed by atoms with van der Waals surface area (Å²) in [4.78, 5) is 13.2. The van der Waals surface area contributed by atoms with Gasteiger partial charge in [0.25, 0.3) is 0 Å². The minimum atomic E-state index is -0.637. The Morgan fingerprint density at radius 3 is 2.80 bits per heavy atom. The second-order valence-electron chi connectivity index (χ2n) is 4.66. The van der Waals surface area contributed by atoms with Crippen molar-refractivity contribution in [1.82, 2.24) is 4.90 Å². The molecule has 4 nitrogen and oxygen atoms in total. The number of carbonyl (C=O) groups is 1. The Hall–Kier alpha value is -0.610. The number of rotatable bonds is 3. The average Bonchev–Trinajstić information content (AvgIpc) is 2.16. The van der Waals surface area contributed by atoms with Crippen molar-refractivity contribution in [1.29, 1.82) is 0 Å². The van der Waals surface area contributed by atoms with Crippen LogP contribution in [0.2, 0.25) is 0 Å². The van der Waals surface area contributed by atoms with Crippen molar-refractivity contribution in [2.45, 2.75) is 37.8 Å². The number of aliphatic carboxylic acids is 1. The third-order valence-electron chi connectivity index (χ3n) is 3.72. The lowest BCUT2D eigenvalue weighted by atomic mass is 9.85. The number of methoxy groups -OCH3 is 1. The molecule has 1 aliphatic carbocycles. The second-order valence-corrected chi connectivity index (χ2v) is 4.66. The summed E-state index contributed by atoms with van der Waals surface area (Å²) in [6.07, 6.45) is 4.41. The minimum Gasteiger partial charge on any atom is -0.481 e. The molecule has 0 spiro atoms. The van der Waals surface area contributed by atoms with Crippen LogP contribution in [-0.2, 0) is 9.53 Å². The number of carboxylic acids is 1. The first kappa shape index (κ1) is 10.9. The number of hydrogen-bond donors (Lipinski definition) is 1. The van der Waals surface area contributed by atoms with Crippen LogP contribution in [0.5, 0.6) is 0 Å². The first-order chi connectivity index (χ1) is 7.20. The molecule has 1 unspecified atom stereocenters. The summed E-state index contributed by atoms with van der Waals surface area (Å²) in [6.45, 7) is 1.79. The molecule has 1 saturated heterocycles. The molecule has 0 aromatic rings. The van der Waals surface area contributed by atoms with E-state index in [0.29, 0.717) is 12.1 Å². The van der Waals surface area contributed by atoms with Gasteiger partial charge in [-0.25, -0.2) is 0 Å². The summed E-state index contributed by atoms with van der Waals surface area (Å²) >= 11 is 0. The van der Waals surface area contributed by atoms with Gasteiger partial charge >= 0.3 is 5.97 Å². The zero-order valence-corrected chi connectivity index (χ0v) is 9.19. The number of carboxylic acid groups (broad SMARTS) is 1. The number of likely N-dealkylation sites (tertiary alicyclic amines) is 1. The Balaban J connectivity index is 1.81. The van der Waals surface area contributed by atoms with Crippen LogP contribution in [0.25, 0.3) is 0 Å². The van der Waals surface area contributed by atoms with Gasteiger partial charge in [0.15, 0.2) is 0 Å². The van der Waals surface area contributed by atoms with E-state index in [0.717, 1.165) is 38.8 Å². The Morgan fingerprint density at radius 1 is 1.47 bits per heavy atom. The third kappa shape index (κ3) is 2.32. The highest BCUT2D eigenvalue weighted by Gasteiger charge is 2.37. The lowest BCUT2D eigenvalue weighted by molar-refractivity contribution is -0.144. The highest BCUT2D eigenvalue weighted by atomic mass is 16.5. The van der Waals surface area contributed by atoms with Crippen LogP contribution in [0.3, 0.4) is 0 Å². The first-order valence-electron chi connectivity index (χ1n) is 5.70. The maximum absolute atomic E-state index is 10.9. The zero-order chi connectivity index (χ0) is 10.8. The highest BCUT2D eigenvalue weighted by molar-refractivity contribution is 5.70. The van der Waals surface area contributed by atoms with Crippen molar-refractivity contribution in [3.8, 4) is 0 Å². The fourth-order valence-electron chi connectivity index (χ4n) is 2.57. The molecule has 4 heteroatoms. The van der Waals surface area contributed by atoms with Crippen molar-refractivity contribution < 1.29 is 14.6 Å². The van der Waals surface area contributed by atoms with Crippen molar-refractivity contribution in [3.05, 3.63) is 0 Å². The monoisotopic (exact) mass is 213 g/mol. The molecule has 1 N–H and O–H groups in total. The second kappa shape index (κ2) is 4.49.